The van der Waals surface area contributed by atoms with Crippen molar-refractivity contribution in [3.8, 4) is 0 Å². The number of para-hydroxylation sites is 2. The number of imidazole rings is 1. The normalized spacial score (nSPS) is 20.3. The lowest BCUT2D eigenvalue weighted by atomic mass is 9.82. The smallest absolute Gasteiger partial charge is 0.255 e. The van der Waals surface area contributed by atoms with Crippen LogP contribution in [0.4, 0.5) is 0 Å². The van der Waals surface area contributed by atoms with Gasteiger partial charge in [0, 0.05) is 56.2 Å². The number of aryl methyl sites for hydroxylation is 1. The van der Waals surface area contributed by atoms with Crippen LogP contribution in [0.1, 0.15) is 35.8 Å². The molecule has 1 amide bonds. The third kappa shape index (κ3) is 3.90. The Morgan fingerprint density at radius 1 is 1.16 bits per heavy atom. The molecule has 3 aromatic rings. The summed E-state index contributed by atoms with van der Waals surface area (Å²) in [6.45, 7) is 2.79. The molecule has 31 heavy (non-hydrogen) atoms. The Hall–Kier alpha value is -2.93. The van der Waals surface area contributed by atoms with E-state index in [9.17, 15) is 9.59 Å². The lowest BCUT2D eigenvalue weighted by Gasteiger charge is -2.43. The molecule has 7 nitrogen and oxygen atoms in total. The number of carbonyl (C=O) groups excluding carboxylic acids is 1. The second-order valence-electron chi connectivity index (χ2n) is 9.23. The van der Waals surface area contributed by atoms with Gasteiger partial charge in [0.05, 0.1) is 11.0 Å². The van der Waals surface area contributed by atoms with Gasteiger partial charge in [0.2, 0.25) is 5.91 Å². The zero-order valence-corrected chi connectivity index (χ0v) is 18.2. The van der Waals surface area contributed by atoms with Gasteiger partial charge < -0.3 is 19.4 Å². The summed E-state index contributed by atoms with van der Waals surface area (Å²) >= 11 is 0. The monoisotopic (exact) mass is 419 g/mol. The minimum Gasteiger partial charge on any atom is -0.342 e. The molecule has 2 aliphatic rings. The van der Waals surface area contributed by atoms with Crippen LogP contribution in [0.2, 0.25) is 0 Å². The quantitative estimate of drug-likeness (QED) is 0.689. The van der Waals surface area contributed by atoms with Gasteiger partial charge in [-0.15, -0.1) is 0 Å². The van der Waals surface area contributed by atoms with Crippen LogP contribution in [-0.2, 0) is 24.3 Å². The van der Waals surface area contributed by atoms with Crippen LogP contribution < -0.4 is 5.56 Å². The fourth-order valence-corrected chi connectivity index (χ4v) is 5.16. The minimum atomic E-state index is 0.130. The van der Waals surface area contributed by atoms with E-state index < -0.39 is 0 Å². The molecular weight excluding hydrogens is 390 g/mol. The van der Waals surface area contributed by atoms with Gasteiger partial charge >= 0.3 is 0 Å². The summed E-state index contributed by atoms with van der Waals surface area (Å²) in [5.74, 6) is 1.62. The fraction of sp³-hybridized carbons (Fsp3) is 0.458. The number of piperidine rings is 1. The first-order valence-corrected chi connectivity index (χ1v) is 11.1. The summed E-state index contributed by atoms with van der Waals surface area (Å²) in [6, 6.07) is 12.0. The van der Waals surface area contributed by atoms with Gasteiger partial charge in [-0.2, -0.15) is 0 Å². The summed E-state index contributed by atoms with van der Waals surface area (Å²) < 4.78 is 1.97. The molecule has 4 heterocycles. The number of hydrogen-bond donors (Lipinski definition) is 1. The Kier molecular flexibility index (Phi) is 5.14. The maximum absolute atomic E-state index is 13.0. The summed E-state index contributed by atoms with van der Waals surface area (Å²) in [6.07, 6.45) is 2.12. The van der Waals surface area contributed by atoms with Crippen molar-refractivity contribution in [2.75, 3.05) is 27.2 Å². The number of hydrogen-bond acceptors (Lipinski definition) is 4. The number of nitrogens with one attached hydrogen (secondary N) is 1. The van der Waals surface area contributed by atoms with Gasteiger partial charge in [-0.05, 0) is 44.6 Å². The number of likely N-dealkylation sites (tertiary alicyclic amines) is 1. The van der Waals surface area contributed by atoms with Crippen LogP contribution in [0.5, 0.6) is 0 Å². The molecule has 2 aromatic heterocycles. The van der Waals surface area contributed by atoms with Crippen molar-refractivity contribution < 1.29 is 4.79 Å². The number of carbonyl (C=O) groups is 1. The zero-order chi connectivity index (χ0) is 21.5. The van der Waals surface area contributed by atoms with E-state index in [0.717, 1.165) is 41.1 Å². The van der Waals surface area contributed by atoms with Crippen molar-refractivity contribution in [2.24, 2.45) is 5.92 Å². The van der Waals surface area contributed by atoms with Crippen molar-refractivity contribution in [1.29, 1.82) is 0 Å². The van der Waals surface area contributed by atoms with Crippen LogP contribution in [0, 0.1) is 5.92 Å². The Balaban J connectivity index is 1.28. The number of aromatic amines is 1. The summed E-state index contributed by atoms with van der Waals surface area (Å²) in [4.78, 5) is 37.9. The van der Waals surface area contributed by atoms with Gasteiger partial charge in [-0.25, -0.2) is 4.98 Å². The lowest BCUT2D eigenvalue weighted by Crippen LogP contribution is -2.49. The maximum Gasteiger partial charge on any atom is 0.255 e. The van der Waals surface area contributed by atoms with E-state index >= 15 is 0 Å². The Morgan fingerprint density at radius 2 is 2.00 bits per heavy atom. The molecule has 1 fully saturated rings. The minimum absolute atomic E-state index is 0.130. The van der Waals surface area contributed by atoms with Crippen molar-refractivity contribution in [1.82, 2.24) is 24.3 Å². The van der Waals surface area contributed by atoms with E-state index in [2.05, 4.69) is 16.0 Å². The molecule has 1 aromatic carbocycles. The fourth-order valence-electron chi connectivity index (χ4n) is 5.16. The predicted molar refractivity (Wildman–Crippen MR) is 120 cm³/mol. The Bertz CT molecular complexity index is 1150. The molecule has 5 rings (SSSR count). The highest BCUT2D eigenvalue weighted by atomic mass is 16.2. The number of rotatable bonds is 5. The van der Waals surface area contributed by atoms with Crippen LogP contribution in [0.15, 0.2) is 41.2 Å². The van der Waals surface area contributed by atoms with Gasteiger partial charge in [0.25, 0.3) is 5.56 Å². The molecule has 0 aliphatic carbocycles. The van der Waals surface area contributed by atoms with E-state index in [1.165, 1.54) is 0 Å². The number of aromatic nitrogens is 3. The molecule has 1 saturated heterocycles. The third-order valence-corrected chi connectivity index (χ3v) is 6.54. The number of pyridine rings is 1. The number of amides is 1. The van der Waals surface area contributed by atoms with Gasteiger partial charge in [0.15, 0.2) is 0 Å². The molecule has 2 atom stereocenters. The zero-order valence-electron chi connectivity index (χ0n) is 18.2. The van der Waals surface area contributed by atoms with Gasteiger partial charge in [-0.1, -0.05) is 18.2 Å². The molecule has 1 N–H and O–H groups in total. The maximum atomic E-state index is 13.0. The molecule has 0 spiro atoms. The first-order valence-electron chi connectivity index (χ1n) is 11.1. The number of H-pyrrole nitrogens is 1. The molecule has 0 radical (unpaired) electrons. The molecular formula is C24H29N5O2. The van der Waals surface area contributed by atoms with Gasteiger partial charge in [0.1, 0.15) is 5.82 Å². The number of benzene rings is 1. The molecule has 0 unspecified atom stereocenters. The molecule has 0 saturated carbocycles. The number of fused-ring (bicyclic) bond motifs is 5. The summed E-state index contributed by atoms with van der Waals surface area (Å²) in [5.41, 5.74) is 4.00. The average molecular weight is 420 g/mol. The summed E-state index contributed by atoms with van der Waals surface area (Å²) in [5, 5.41) is 0. The summed E-state index contributed by atoms with van der Waals surface area (Å²) in [7, 11) is 3.96. The van der Waals surface area contributed by atoms with E-state index in [4.69, 9.17) is 0 Å². The second kappa shape index (κ2) is 7.96. The predicted octanol–water partition coefficient (Wildman–Crippen LogP) is 2.36. The Labute approximate surface area is 181 Å². The van der Waals surface area contributed by atoms with Crippen LogP contribution in [-0.4, -0.2) is 57.4 Å². The van der Waals surface area contributed by atoms with Gasteiger partial charge in [-0.3, -0.25) is 9.59 Å². The number of nitrogens with zero attached hydrogens (tertiary/aromatic N) is 4. The molecule has 162 valence electrons. The van der Waals surface area contributed by atoms with Crippen molar-refractivity contribution in [3.63, 3.8) is 0 Å². The highest BCUT2D eigenvalue weighted by Crippen LogP contribution is 2.35. The van der Waals surface area contributed by atoms with Crippen molar-refractivity contribution in [3.05, 3.63) is 63.8 Å². The van der Waals surface area contributed by atoms with E-state index in [0.29, 0.717) is 38.4 Å². The first kappa shape index (κ1) is 20.0. The SMILES string of the molecule is CN(C)Cc1ccc2n(c1=O)C[C@H]1C[C@@H]2CN(C(=O)CCc2nc3ccccc3[nH]2)C1. The van der Waals surface area contributed by atoms with Crippen LogP contribution in [0.25, 0.3) is 11.0 Å². The third-order valence-electron chi connectivity index (χ3n) is 6.54. The van der Waals surface area contributed by atoms with E-state index in [1.807, 2.05) is 58.8 Å². The largest absolute Gasteiger partial charge is 0.342 e. The van der Waals surface area contributed by atoms with Crippen molar-refractivity contribution >= 4 is 16.9 Å². The Morgan fingerprint density at radius 3 is 2.81 bits per heavy atom. The molecule has 2 aliphatic heterocycles. The lowest BCUT2D eigenvalue weighted by molar-refractivity contribution is -0.133. The van der Waals surface area contributed by atoms with Crippen molar-refractivity contribution in [2.45, 2.75) is 38.3 Å². The van der Waals surface area contributed by atoms with Crippen LogP contribution in [0.3, 0.4) is 0 Å². The van der Waals surface area contributed by atoms with E-state index in [-0.39, 0.29) is 17.4 Å². The topological polar surface area (TPSA) is 74.2 Å². The first-order chi connectivity index (χ1) is 15.0. The average Bonchev–Trinajstić information content (AvgIpc) is 3.17. The van der Waals surface area contributed by atoms with Crippen LogP contribution >= 0.6 is 0 Å². The standard InChI is InChI=1S/C24H29N5O2/c1-27(2)14-17-7-8-21-18-11-16(13-29(21)24(17)31)12-28(15-18)23(30)10-9-22-25-19-5-3-4-6-20(19)26-22/h3-8,16,18H,9-15H2,1-2H3,(H,25,26)/t16-,18+/m0/s1. The highest BCUT2D eigenvalue weighted by Gasteiger charge is 2.36. The molecule has 2 bridgehead atoms. The van der Waals surface area contributed by atoms with E-state index in [1.54, 1.807) is 0 Å². The highest BCUT2D eigenvalue weighted by molar-refractivity contribution is 5.77. The second-order valence-corrected chi connectivity index (χ2v) is 9.23. The molecule has 7 heteroatoms.